The summed E-state index contributed by atoms with van der Waals surface area (Å²) in [7, 11) is 0. The highest BCUT2D eigenvalue weighted by molar-refractivity contribution is 8.00. The van der Waals surface area contributed by atoms with Gasteiger partial charge in [0, 0.05) is 23.2 Å². The number of nitrogens with one attached hydrogen (secondary N) is 2. The van der Waals surface area contributed by atoms with Gasteiger partial charge in [0.2, 0.25) is 11.9 Å². The average molecular weight is 639 g/mol. The van der Waals surface area contributed by atoms with Crippen molar-refractivity contribution in [2.45, 2.75) is 89.9 Å². The maximum atomic E-state index is 13.7. The number of esters is 1. The van der Waals surface area contributed by atoms with Gasteiger partial charge in [0.25, 0.3) is 0 Å². The number of carbonyl (C=O) groups is 3. The summed E-state index contributed by atoms with van der Waals surface area (Å²) >= 11 is 1.19. The largest absolute Gasteiger partial charge is 0.461 e. The summed E-state index contributed by atoms with van der Waals surface area (Å²) in [5.41, 5.74) is -0.645. The van der Waals surface area contributed by atoms with Crippen LogP contribution in [0.2, 0.25) is 0 Å². The van der Waals surface area contributed by atoms with E-state index >= 15 is 0 Å². The lowest BCUT2D eigenvalue weighted by molar-refractivity contribution is -0.205. The molecule has 6 rings (SSSR count). The van der Waals surface area contributed by atoms with Crippen LogP contribution in [0.5, 0.6) is 0 Å². The number of thioether (sulfide) groups is 1. The topological polar surface area (TPSA) is 150 Å². The van der Waals surface area contributed by atoms with E-state index in [1.54, 1.807) is 6.08 Å². The van der Waals surface area contributed by atoms with E-state index in [4.69, 9.17) is 4.74 Å². The fraction of sp³-hybridized carbons (Fsp3) is 0.697. The quantitative estimate of drug-likeness (QED) is 0.164. The minimum absolute atomic E-state index is 0.0409. The number of aliphatic hydroxyl groups excluding tert-OH is 1. The number of ketones is 1. The molecule has 3 aliphatic carbocycles. The molecule has 3 saturated carbocycles. The van der Waals surface area contributed by atoms with Crippen molar-refractivity contribution in [2.75, 3.05) is 30.7 Å². The van der Waals surface area contributed by atoms with Gasteiger partial charge >= 0.3 is 5.97 Å². The monoisotopic (exact) mass is 638 g/mol. The molecule has 4 aliphatic rings. The third-order valence-corrected chi connectivity index (χ3v) is 12.9. The van der Waals surface area contributed by atoms with Gasteiger partial charge in [0.05, 0.1) is 24.7 Å². The Kier molecular flexibility index (Phi) is 8.62. The molecule has 2 aromatic heterocycles. The van der Waals surface area contributed by atoms with Crippen molar-refractivity contribution in [3.05, 3.63) is 19.0 Å². The van der Waals surface area contributed by atoms with Crippen LogP contribution >= 0.6 is 11.8 Å². The number of carbonyl (C=O) groups excluding carboxylic acids is 3. The molecule has 3 heterocycles. The Bertz CT molecular complexity index is 1490. The zero-order valence-electron chi connectivity index (χ0n) is 26.8. The summed E-state index contributed by atoms with van der Waals surface area (Å²) in [6.07, 6.45) is 7.60. The van der Waals surface area contributed by atoms with E-state index in [2.05, 4.69) is 57.5 Å². The summed E-state index contributed by atoms with van der Waals surface area (Å²) in [4.78, 5) is 58.3. The number of H-pyrrole nitrogens is 1. The molecule has 3 N–H and O–H groups in total. The minimum Gasteiger partial charge on any atom is -0.461 e. The van der Waals surface area contributed by atoms with Gasteiger partial charge in [0.1, 0.15) is 22.4 Å². The van der Waals surface area contributed by atoms with Crippen molar-refractivity contribution in [3.63, 3.8) is 0 Å². The molecule has 1 aliphatic heterocycles. The number of aliphatic hydroxyl groups is 1. The molecule has 1 saturated heterocycles. The van der Waals surface area contributed by atoms with E-state index in [0.717, 1.165) is 45.2 Å². The average Bonchev–Trinajstić information content (AvgIpc) is 3.77. The predicted octanol–water partition coefficient (Wildman–Crippen LogP) is 4.39. The first-order valence-corrected chi connectivity index (χ1v) is 17.3. The number of Topliss-reactive ketones (excluding diaryl/α,β-unsaturated/α-hetero) is 1. The van der Waals surface area contributed by atoms with Crippen molar-refractivity contribution in [1.29, 1.82) is 0 Å². The number of imidazole rings is 1. The standard InChI is InChI=1S/C33H46N6O5S/c1-6-31(4)15-22(32(5)19(2)9-11-33(20(3)27(31)43)12-10-21(40)26(32)33)44-24(42)17-45-29-25-28(35-18-34-25)37-30(38-29)36-23(41)16-39-13-7-8-14-39/h6,18-20,22,26-27,43H,1,7-17H2,2-5H3,(H2,34,35,36,37,38,41)/t19-,20+,22-,26?,27+,31-,32+,33+/m1/s1. The number of rotatable bonds is 8. The summed E-state index contributed by atoms with van der Waals surface area (Å²) in [6, 6.07) is 0. The second kappa shape index (κ2) is 12.1. The Balaban J connectivity index is 1.23. The van der Waals surface area contributed by atoms with Crippen LogP contribution in [0.15, 0.2) is 24.0 Å². The number of hydrogen-bond donors (Lipinski definition) is 3. The van der Waals surface area contributed by atoms with Gasteiger partial charge in [0.15, 0.2) is 5.65 Å². The van der Waals surface area contributed by atoms with E-state index in [9.17, 15) is 19.5 Å². The molecular weight excluding hydrogens is 592 g/mol. The molecule has 8 atom stereocenters. The lowest BCUT2D eigenvalue weighted by Crippen LogP contribution is -2.63. The second-order valence-electron chi connectivity index (χ2n) is 14.3. The van der Waals surface area contributed by atoms with Crippen molar-refractivity contribution in [1.82, 2.24) is 24.8 Å². The van der Waals surface area contributed by atoms with Crippen molar-refractivity contribution >= 4 is 46.5 Å². The molecule has 2 aromatic rings. The molecule has 12 heteroatoms. The van der Waals surface area contributed by atoms with Gasteiger partial charge in [-0.05, 0) is 68.9 Å². The van der Waals surface area contributed by atoms with Crippen molar-refractivity contribution < 1.29 is 24.2 Å². The lowest BCUT2D eigenvalue weighted by Gasteiger charge is -2.61. The maximum absolute atomic E-state index is 13.7. The molecule has 4 fully saturated rings. The van der Waals surface area contributed by atoms with E-state index in [1.807, 2.05) is 6.92 Å². The number of nitrogens with zero attached hydrogens (tertiary/aromatic N) is 4. The van der Waals surface area contributed by atoms with Gasteiger partial charge < -0.3 is 14.8 Å². The Hall–Kier alpha value is -2.83. The van der Waals surface area contributed by atoms with E-state index in [0.29, 0.717) is 29.0 Å². The summed E-state index contributed by atoms with van der Waals surface area (Å²) in [5.74, 6) is -0.520. The fourth-order valence-corrected chi connectivity index (χ4v) is 9.86. The molecule has 2 bridgehead atoms. The number of amides is 1. The first-order chi connectivity index (χ1) is 21.4. The molecule has 244 valence electrons. The lowest BCUT2D eigenvalue weighted by atomic mass is 9.44. The van der Waals surface area contributed by atoms with Crippen LogP contribution in [0.4, 0.5) is 5.95 Å². The SMILES string of the molecule is C=C[C@]1(C)C[C@@H](OC(=O)CSc2nc(NC(=O)CN3CCCC3)nc3nc[nH]c23)[C@@]2(C)C3C(=O)CC[C@@]3(CC[C@H]2C)[C@@H](C)[C@@H]1O. The van der Waals surface area contributed by atoms with Gasteiger partial charge in [-0.25, -0.2) is 9.97 Å². The number of hydrogen-bond acceptors (Lipinski definition) is 10. The Morgan fingerprint density at radius 2 is 2.00 bits per heavy atom. The molecule has 0 spiro atoms. The Morgan fingerprint density at radius 1 is 1.24 bits per heavy atom. The van der Waals surface area contributed by atoms with Crippen LogP contribution in [0, 0.1) is 34.0 Å². The van der Waals surface area contributed by atoms with E-state index in [-0.39, 0.29) is 53.1 Å². The zero-order chi connectivity index (χ0) is 32.1. The van der Waals surface area contributed by atoms with Gasteiger partial charge in [-0.2, -0.15) is 4.98 Å². The smallest absolute Gasteiger partial charge is 0.316 e. The number of likely N-dealkylation sites (tertiary alicyclic amines) is 1. The number of aromatic nitrogens is 4. The van der Waals surface area contributed by atoms with E-state index in [1.165, 1.54) is 18.1 Å². The van der Waals surface area contributed by atoms with Crippen LogP contribution in [0.1, 0.15) is 72.6 Å². The van der Waals surface area contributed by atoms with Crippen LogP contribution < -0.4 is 5.32 Å². The number of ether oxygens (including phenoxy) is 1. The third kappa shape index (κ3) is 5.50. The molecule has 45 heavy (non-hydrogen) atoms. The molecule has 0 radical (unpaired) electrons. The molecule has 1 amide bonds. The van der Waals surface area contributed by atoms with Gasteiger partial charge in [-0.1, -0.05) is 45.5 Å². The zero-order valence-corrected chi connectivity index (χ0v) is 27.6. The number of fused-ring (bicyclic) bond motifs is 1. The third-order valence-electron chi connectivity index (χ3n) is 12.0. The normalized spacial score (nSPS) is 36.7. The Labute approximate surface area is 268 Å². The highest BCUT2D eigenvalue weighted by atomic mass is 32.2. The second-order valence-corrected chi connectivity index (χ2v) is 15.3. The maximum Gasteiger partial charge on any atom is 0.316 e. The number of aromatic amines is 1. The van der Waals surface area contributed by atoms with Crippen LogP contribution in [-0.4, -0.2) is 85.2 Å². The molecule has 11 nitrogen and oxygen atoms in total. The molecule has 0 aromatic carbocycles. The summed E-state index contributed by atoms with van der Waals surface area (Å²) in [6.45, 7) is 14.6. The Morgan fingerprint density at radius 3 is 2.73 bits per heavy atom. The number of anilines is 1. The first-order valence-electron chi connectivity index (χ1n) is 16.3. The van der Waals surface area contributed by atoms with Crippen LogP contribution in [-0.2, 0) is 19.1 Å². The summed E-state index contributed by atoms with van der Waals surface area (Å²) < 4.78 is 6.39. The van der Waals surface area contributed by atoms with Gasteiger partial charge in [-0.15, -0.1) is 6.58 Å². The van der Waals surface area contributed by atoms with Crippen LogP contribution in [0.3, 0.4) is 0 Å². The highest BCUT2D eigenvalue weighted by Gasteiger charge is 2.68. The first kappa shape index (κ1) is 32.1. The molecule has 1 unspecified atom stereocenters. The summed E-state index contributed by atoms with van der Waals surface area (Å²) in [5, 5.41) is 15.0. The highest BCUT2D eigenvalue weighted by Crippen LogP contribution is 2.68. The van der Waals surface area contributed by atoms with Crippen molar-refractivity contribution in [2.24, 2.45) is 34.0 Å². The van der Waals surface area contributed by atoms with E-state index < -0.39 is 29.0 Å². The van der Waals surface area contributed by atoms with Crippen molar-refractivity contribution in [3.8, 4) is 0 Å². The molecular formula is C33H46N6O5S. The fourth-order valence-electron chi connectivity index (χ4n) is 9.10. The van der Waals surface area contributed by atoms with Crippen LogP contribution in [0.25, 0.3) is 11.2 Å². The predicted molar refractivity (Wildman–Crippen MR) is 171 cm³/mol. The minimum atomic E-state index is -0.717. The van der Waals surface area contributed by atoms with Gasteiger partial charge in [-0.3, -0.25) is 24.6 Å².